The van der Waals surface area contributed by atoms with Gasteiger partial charge in [0.2, 0.25) is 0 Å². The van der Waals surface area contributed by atoms with Gasteiger partial charge in [-0.15, -0.1) is 0 Å². The second-order valence-corrected chi connectivity index (χ2v) is 17.1. The number of rotatable bonds is 7. The van der Waals surface area contributed by atoms with Gasteiger partial charge in [-0.3, -0.25) is 14.4 Å². The van der Waals surface area contributed by atoms with Crippen LogP contribution >= 0.6 is 0 Å². The summed E-state index contributed by atoms with van der Waals surface area (Å²) in [6, 6.07) is 0. The van der Waals surface area contributed by atoms with Gasteiger partial charge in [-0.25, -0.2) is 0 Å². The molecule has 9 atom stereocenters. The van der Waals surface area contributed by atoms with Crippen LogP contribution in [0.15, 0.2) is 0 Å². The van der Waals surface area contributed by atoms with Crippen molar-refractivity contribution in [3.05, 3.63) is 0 Å². The lowest BCUT2D eigenvalue weighted by molar-refractivity contribution is -0.272. The van der Waals surface area contributed by atoms with Gasteiger partial charge in [-0.1, -0.05) is 46.0 Å². The molecule has 0 amide bonds. The molecule has 7 nitrogen and oxygen atoms in total. The summed E-state index contributed by atoms with van der Waals surface area (Å²) in [7, 11) is 0. The van der Waals surface area contributed by atoms with Gasteiger partial charge < -0.3 is 18.9 Å². The maximum atomic E-state index is 13.8. The van der Waals surface area contributed by atoms with E-state index in [1.54, 1.807) is 0 Å². The highest BCUT2D eigenvalue weighted by molar-refractivity contribution is 5.85. The highest BCUT2D eigenvalue weighted by Crippen LogP contribution is 2.52. The lowest BCUT2D eigenvalue weighted by Gasteiger charge is -2.47. The Morgan fingerprint density at radius 2 is 1.50 bits per heavy atom. The lowest BCUT2D eigenvalue weighted by Crippen LogP contribution is -2.52. The van der Waals surface area contributed by atoms with Crippen LogP contribution in [-0.4, -0.2) is 50.4 Å². The van der Waals surface area contributed by atoms with E-state index < -0.39 is 5.41 Å². The zero-order valence-corrected chi connectivity index (χ0v) is 27.3. The van der Waals surface area contributed by atoms with E-state index in [4.69, 9.17) is 18.9 Å². The summed E-state index contributed by atoms with van der Waals surface area (Å²) in [5.74, 6) is 3.44. The number of hydrogen-bond donors (Lipinski definition) is 0. The first-order valence-electron chi connectivity index (χ1n) is 18.3. The maximum absolute atomic E-state index is 13.8. The number of esters is 2. The molecule has 1 heterocycles. The van der Waals surface area contributed by atoms with Gasteiger partial charge in [-0.05, 0) is 100 Å². The van der Waals surface area contributed by atoms with Crippen LogP contribution in [0.1, 0.15) is 117 Å². The molecule has 0 radical (unpaired) electrons. The zero-order valence-electron chi connectivity index (χ0n) is 27.3. The fourth-order valence-corrected chi connectivity index (χ4v) is 11.3. The molecular formula is C37H56O7. The Morgan fingerprint density at radius 1 is 0.773 bits per heavy atom. The van der Waals surface area contributed by atoms with Crippen molar-refractivity contribution in [2.45, 2.75) is 123 Å². The molecule has 9 unspecified atom stereocenters. The van der Waals surface area contributed by atoms with Crippen LogP contribution in [0.2, 0.25) is 0 Å². The van der Waals surface area contributed by atoms with Crippen LogP contribution < -0.4 is 0 Å². The Hall–Kier alpha value is -1.47. The first-order valence-corrected chi connectivity index (χ1v) is 18.3. The number of carbonyl (C=O) groups excluding carboxylic acids is 3. The maximum Gasteiger partial charge on any atom is 0.312 e. The third-order valence-corrected chi connectivity index (χ3v) is 13.3. The molecule has 7 heteroatoms. The van der Waals surface area contributed by atoms with Crippen molar-refractivity contribution in [3.63, 3.8) is 0 Å². The van der Waals surface area contributed by atoms with Crippen LogP contribution in [0.25, 0.3) is 0 Å². The molecule has 6 bridgehead atoms. The molecule has 1 saturated heterocycles. The molecule has 0 spiro atoms. The molecule has 6 aliphatic carbocycles. The normalized spacial score (nSPS) is 47.0. The number of Topliss-reactive ketones (excluding diaryl/α,β-unsaturated/α-hetero) is 1. The summed E-state index contributed by atoms with van der Waals surface area (Å²) in [6.45, 7) is 5.29. The smallest absolute Gasteiger partial charge is 0.312 e. The van der Waals surface area contributed by atoms with Crippen LogP contribution in [0.3, 0.4) is 0 Å². The van der Waals surface area contributed by atoms with Crippen LogP contribution in [0.4, 0.5) is 0 Å². The first kappa shape index (κ1) is 31.1. The lowest BCUT2D eigenvalue weighted by atomic mass is 9.59. The Bertz CT molecular complexity index is 1060. The molecule has 7 fully saturated rings. The highest BCUT2D eigenvalue weighted by Gasteiger charge is 2.50. The van der Waals surface area contributed by atoms with Crippen molar-refractivity contribution in [2.75, 3.05) is 26.4 Å². The van der Waals surface area contributed by atoms with E-state index in [2.05, 4.69) is 6.92 Å². The van der Waals surface area contributed by atoms with Gasteiger partial charge in [-0.2, -0.15) is 0 Å². The van der Waals surface area contributed by atoms with Crippen LogP contribution in [0, 0.1) is 64.1 Å². The molecule has 0 aromatic carbocycles. The SMILES string of the molecule is CC1CC2CCCC(C(=O)OCC3(COC(=O)C4CC5CC(C)C(=O)C(C5)C4)COC(C4CC5CCCC(C5)C4)OC3)(C1)C2. The quantitative estimate of drug-likeness (QED) is 0.289. The van der Waals surface area contributed by atoms with Crippen LogP contribution in [0.5, 0.6) is 0 Å². The summed E-state index contributed by atoms with van der Waals surface area (Å²) < 4.78 is 25.3. The predicted octanol–water partition coefficient (Wildman–Crippen LogP) is 6.90. The van der Waals surface area contributed by atoms with Crippen molar-refractivity contribution < 1.29 is 33.3 Å². The van der Waals surface area contributed by atoms with E-state index in [1.165, 1.54) is 51.4 Å². The van der Waals surface area contributed by atoms with E-state index in [0.29, 0.717) is 49.1 Å². The Kier molecular flexibility index (Phi) is 8.93. The van der Waals surface area contributed by atoms with Gasteiger partial charge >= 0.3 is 11.9 Å². The average molecular weight is 613 g/mol. The van der Waals surface area contributed by atoms with Gasteiger partial charge in [0.15, 0.2) is 6.29 Å². The predicted molar refractivity (Wildman–Crippen MR) is 164 cm³/mol. The van der Waals surface area contributed by atoms with Crippen LogP contribution in [-0.2, 0) is 33.3 Å². The number of fused-ring (bicyclic) bond motifs is 6. The summed E-state index contributed by atoms with van der Waals surface area (Å²) in [5, 5.41) is 0. The van der Waals surface area contributed by atoms with Gasteiger partial charge in [0.25, 0.3) is 0 Å². The summed E-state index contributed by atoms with van der Waals surface area (Å²) in [6.07, 6.45) is 16.9. The first-order chi connectivity index (χ1) is 21.2. The van der Waals surface area contributed by atoms with Crippen molar-refractivity contribution in [1.29, 1.82) is 0 Å². The van der Waals surface area contributed by atoms with Crippen molar-refractivity contribution >= 4 is 17.7 Å². The highest BCUT2D eigenvalue weighted by atomic mass is 16.7. The molecule has 0 aromatic heterocycles. The standard InChI is InChI=1S/C37H56O7/c1-23-9-27-7-4-8-37(17-23,18-27)35(40)44-22-36(19-41-33(39)30-15-28-10-24(2)32(38)29(14-28)16-30)20-42-34(43-21-36)31-12-25-5-3-6-26(11-25)13-31/h23-31,34H,3-22H2,1-2H3. The molecule has 0 aromatic rings. The fraction of sp³-hybridized carbons (Fsp3) is 0.919. The summed E-state index contributed by atoms with van der Waals surface area (Å²) in [5.41, 5.74) is -1.09. The second-order valence-electron chi connectivity index (χ2n) is 17.1. The van der Waals surface area contributed by atoms with Crippen molar-refractivity contribution in [2.24, 2.45) is 64.1 Å². The van der Waals surface area contributed by atoms with E-state index in [0.717, 1.165) is 56.8 Å². The van der Waals surface area contributed by atoms with E-state index in [-0.39, 0.29) is 54.6 Å². The minimum atomic E-state index is -0.716. The van der Waals surface area contributed by atoms with E-state index in [9.17, 15) is 14.4 Å². The number of hydrogen-bond acceptors (Lipinski definition) is 7. The fourth-order valence-electron chi connectivity index (χ4n) is 11.3. The van der Waals surface area contributed by atoms with Crippen molar-refractivity contribution in [1.82, 2.24) is 0 Å². The third kappa shape index (κ3) is 6.39. The zero-order chi connectivity index (χ0) is 30.5. The molecule has 1 aliphatic heterocycles. The third-order valence-electron chi connectivity index (χ3n) is 13.3. The van der Waals surface area contributed by atoms with Gasteiger partial charge in [0, 0.05) is 17.8 Å². The summed E-state index contributed by atoms with van der Waals surface area (Å²) >= 11 is 0. The second kappa shape index (κ2) is 12.6. The Balaban J connectivity index is 1.01. The Morgan fingerprint density at radius 3 is 2.27 bits per heavy atom. The molecule has 44 heavy (non-hydrogen) atoms. The molecule has 6 saturated carbocycles. The molecule has 246 valence electrons. The van der Waals surface area contributed by atoms with E-state index >= 15 is 0 Å². The number of carbonyl (C=O) groups is 3. The van der Waals surface area contributed by atoms with Gasteiger partial charge in [0.1, 0.15) is 19.0 Å². The largest absolute Gasteiger partial charge is 0.465 e. The molecular weight excluding hydrogens is 556 g/mol. The minimum absolute atomic E-state index is 0.0153. The average Bonchev–Trinajstić information content (AvgIpc) is 3.01. The molecule has 7 aliphatic rings. The Labute approximate surface area is 264 Å². The number of ketones is 1. The monoisotopic (exact) mass is 612 g/mol. The summed E-state index contributed by atoms with van der Waals surface area (Å²) in [4.78, 5) is 40.0. The van der Waals surface area contributed by atoms with E-state index in [1.807, 2.05) is 6.92 Å². The van der Waals surface area contributed by atoms with Crippen molar-refractivity contribution in [3.8, 4) is 0 Å². The van der Waals surface area contributed by atoms with Gasteiger partial charge in [0.05, 0.1) is 30.0 Å². The topological polar surface area (TPSA) is 88.1 Å². The molecule has 0 N–H and O–H groups in total. The number of ether oxygens (including phenoxy) is 4. The minimum Gasteiger partial charge on any atom is -0.465 e. The molecule has 7 rings (SSSR count).